The molecule has 0 atom stereocenters. The highest BCUT2D eigenvalue weighted by Gasteiger charge is 2.10. The number of nitrogens with one attached hydrogen (secondary N) is 1. The van der Waals surface area contributed by atoms with E-state index in [1.54, 1.807) is 36.5 Å². The predicted molar refractivity (Wildman–Crippen MR) is 98.6 cm³/mol. The number of halogens is 1. The van der Waals surface area contributed by atoms with Crippen LogP contribution in [0.5, 0.6) is 0 Å². The zero-order chi connectivity index (χ0) is 19.3. The number of aromatic nitrogens is 3. The Morgan fingerprint density at radius 1 is 1.11 bits per heavy atom. The van der Waals surface area contributed by atoms with Crippen LogP contribution in [-0.4, -0.2) is 21.1 Å². The van der Waals surface area contributed by atoms with Crippen LogP contribution in [0.15, 0.2) is 70.0 Å². The smallest absolute Gasteiger partial charge is 0.247 e. The van der Waals surface area contributed by atoms with Crippen LogP contribution >= 0.6 is 0 Å². The Morgan fingerprint density at radius 2 is 1.96 bits per heavy atom. The minimum absolute atomic E-state index is 0.177. The normalized spacial score (nSPS) is 10.8. The highest BCUT2D eigenvalue weighted by atomic mass is 19.1. The van der Waals surface area contributed by atoms with E-state index in [9.17, 15) is 9.18 Å². The van der Waals surface area contributed by atoms with Crippen molar-refractivity contribution in [2.45, 2.75) is 12.8 Å². The molecule has 0 fully saturated rings. The van der Waals surface area contributed by atoms with Gasteiger partial charge in [0.2, 0.25) is 18.2 Å². The molecule has 0 radical (unpaired) electrons. The van der Waals surface area contributed by atoms with Crippen molar-refractivity contribution < 1.29 is 18.0 Å². The maximum absolute atomic E-state index is 13.0. The number of anilines is 1. The molecule has 0 bridgehead atoms. The zero-order valence-electron chi connectivity index (χ0n) is 14.6. The fraction of sp³-hybridized carbons (Fsp3) is 0.100. The molecule has 28 heavy (non-hydrogen) atoms. The van der Waals surface area contributed by atoms with E-state index in [-0.39, 0.29) is 18.1 Å². The molecule has 1 amide bonds. The third-order valence-electron chi connectivity index (χ3n) is 4.00. The van der Waals surface area contributed by atoms with E-state index in [2.05, 4.69) is 20.5 Å². The van der Waals surface area contributed by atoms with Gasteiger partial charge in [0.1, 0.15) is 5.82 Å². The number of rotatable bonds is 6. The summed E-state index contributed by atoms with van der Waals surface area (Å²) < 4.78 is 23.8. The van der Waals surface area contributed by atoms with Crippen molar-refractivity contribution in [3.05, 3.63) is 72.8 Å². The minimum Gasteiger partial charge on any atom is -0.441 e. The lowest BCUT2D eigenvalue weighted by molar-refractivity contribution is -0.116. The molecule has 2 aromatic carbocycles. The summed E-state index contributed by atoms with van der Waals surface area (Å²) >= 11 is 0. The Kier molecular flexibility index (Phi) is 4.92. The van der Waals surface area contributed by atoms with Crippen molar-refractivity contribution >= 4 is 11.6 Å². The molecule has 4 rings (SSSR count). The van der Waals surface area contributed by atoms with Gasteiger partial charge in [0.25, 0.3) is 0 Å². The van der Waals surface area contributed by atoms with Gasteiger partial charge in [-0.05, 0) is 42.5 Å². The number of benzene rings is 2. The summed E-state index contributed by atoms with van der Waals surface area (Å²) in [7, 11) is 0. The molecule has 7 nitrogen and oxygen atoms in total. The number of oxazole rings is 1. The Bertz CT molecular complexity index is 1080. The van der Waals surface area contributed by atoms with Gasteiger partial charge < -0.3 is 14.2 Å². The highest BCUT2D eigenvalue weighted by Crippen LogP contribution is 2.22. The van der Waals surface area contributed by atoms with Crippen LogP contribution in [0.2, 0.25) is 0 Å². The molecule has 4 aromatic rings. The molecule has 0 saturated carbocycles. The SMILES string of the molecule is O=C(CCc1ncc(-c2ccc(F)cc2)o1)Nc1cccc(-c2nnco2)c1. The van der Waals surface area contributed by atoms with Crippen LogP contribution in [0, 0.1) is 5.82 Å². The molecule has 1 N–H and O–H groups in total. The molecule has 0 spiro atoms. The topological polar surface area (TPSA) is 94.1 Å². The van der Waals surface area contributed by atoms with E-state index >= 15 is 0 Å². The third kappa shape index (κ3) is 4.12. The third-order valence-corrected chi connectivity index (χ3v) is 4.00. The Balaban J connectivity index is 1.35. The first-order valence-electron chi connectivity index (χ1n) is 8.54. The minimum atomic E-state index is -0.316. The molecule has 2 aromatic heterocycles. The number of nitrogens with zero attached hydrogens (tertiary/aromatic N) is 3. The summed E-state index contributed by atoms with van der Waals surface area (Å²) in [6, 6.07) is 13.1. The Labute approximate surface area is 159 Å². The molecule has 0 aliphatic rings. The second kappa shape index (κ2) is 7.83. The van der Waals surface area contributed by atoms with E-state index in [1.807, 2.05) is 6.07 Å². The first-order chi connectivity index (χ1) is 13.7. The molecule has 0 aliphatic carbocycles. The van der Waals surface area contributed by atoms with Crippen molar-refractivity contribution in [3.63, 3.8) is 0 Å². The average Bonchev–Trinajstić information content (AvgIpc) is 3.40. The van der Waals surface area contributed by atoms with Gasteiger partial charge in [0.05, 0.1) is 6.20 Å². The fourth-order valence-electron chi connectivity index (χ4n) is 2.65. The van der Waals surface area contributed by atoms with E-state index < -0.39 is 0 Å². The number of amides is 1. The lowest BCUT2D eigenvalue weighted by atomic mass is 10.2. The van der Waals surface area contributed by atoms with Crippen LogP contribution in [0.1, 0.15) is 12.3 Å². The standard InChI is InChI=1S/C20H15FN4O3/c21-15-6-4-13(5-7-15)17-11-22-19(28-17)9-8-18(26)24-16-3-1-2-14(10-16)20-25-23-12-27-20/h1-7,10-12H,8-9H2,(H,24,26). The quantitative estimate of drug-likeness (QED) is 0.543. The first-order valence-corrected chi connectivity index (χ1v) is 8.54. The molecule has 2 heterocycles. The van der Waals surface area contributed by atoms with E-state index in [1.165, 1.54) is 18.5 Å². The maximum atomic E-state index is 13.0. The molecule has 8 heteroatoms. The number of carbonyl (C=O) groups is 1. The summed E-state index contributed by atoms with van der Waals surface area (Å²) in [4.78, 5) is 16.4. The summed E-state index contributed by atoms with van der Waals surface area (Å²) in [5.74, 6) is 0.855. The van der Waals surface area contributed by atoms with Crippen LogP contribution in [0.4, 0.5) is 10.1 Å². The van der Waals surface area contributed by atoms with Crippen LogP contribution in [0.25, 0.3) is 22.8 Å². The molecule has 0 unspecified atom stereocenters. The Hall–Kier alpha value is -3.81. The van der Waals surface area contributed by atoms with Gasteiger partial charge >= 0.3 is 0 Å². The summed E-state index contributed by atoms with van der Waals surface area (Å²) in [6.07, 6.45) is 3.36. The van der Waals surface area contributed by atoms with Gasteiger partial charge in [-0.1, -0.05) is 6.07 Å². The van der Waals surface area contributed by atoms with Gasteiger partial charge in [-0.2, -0.15) is 0 Å². The average molecular weight is 378 g/mol. The Morgan fingerprint density at radius 3 is 2.75 bits per heavy atom. The van der Waals surface area contributed by atoms with Crippen molar-refractivity contribution in [2.24, 2.45) is 0 Å². The van der Waals surface area contributed by atoms with Crippen LogP contribution in [0.3, 0.4) is 0 Å². The molecular formula is C20H15FN4O3. The molecular weight excluding hydrogens is 363 g/mol. The van der Waals surface area contributed by atoms with E-state index in [0.717, 1.165) is 5.56 Å². The largest absolute Gasteiger partial charge is 0.441 e. The summed E-state index contributed by atoms with van der Waals surface area (Å²) in [5, 5.41) is 10.3. The van der Waals surface area contributed by atoms with Gasteiger partial charge in [-0.25, -0.2) is 9.37 Å². The summed E-state index contributed by atoms with van der Waals surface area (Å²) in [6.45, 7) is 0. The van der Waals surface area contributed by atoms with Crippen molar-refractivity contribution in [2.75, 3.05) is 5.32 Å². The molecule has 0 saturated heterocycles. The van der Waals surface area contributed by atoms with Gasteiger partial charge in [0.15, 0.2) is 11.7 Å². The number of aryl methyl sites for hydroxylation is 1. The molecule has 0 aliphatic heterocycles. The number of carbonyl (C=O) groups excluding carboxylic acids is 1. The second-order valence-corrected chi connectivity index (χ2v) is 6.00. The summed E-state index contributed by atoms with van der Waals surface area (Å²) in [5.41, 5.74) is 2.06. The lowest BCUT2D eigenvalue weighted by Crippen LogP contribution is -2.12. The van der Waals surface area contributed by atoms with Crippen LogP contribution < -0.4 is 5.32 Å². The molecule has 140 valence electrons. The van der Waals surface area contributed by atoms with E-state index in [4.69, 9.17) is 8.83 Å². The first kappa shape index (κ1) is 17.6. The van der Waals surface area contributed by atoms with Gasteiger partial charge in [0, 0.05) is 29.7 Å². The number of hydrogen-bond acceptors (Lipinski definition) is 6. The van der Waals surface area contributed by atoms with Crippen LogP contribution in [-0.2, 0) is 11.2 Å². The lowest BCUT2D eigenvalue weighted by Gasteiger charge is -2.05. The van der Waals surface area contributed by atoms with E-state index in [0.29, 0.717) is 35.2 Å². The highest BCUT2D eigenvalue weighted by molar-refractivity contribution is 5.91. The van der Waals surface area contributed by atoms with Crippen molar-refractivity contribution in [3.8, 4) is 22.8 Å². The number of hydrogen-bond donors (Lipinski definition) is 1. The fourth-order valence-corrected chi connectivity index (χ4v) is 2.65. The van der Waals surface area contributed by atoms with Crippen molar-refractivity contribution in [1.29, 1.82) is 0 Å². The maximum Gasteiger partial charge on any atom is 0.247 e. The predicted octanol–water partition coefficient (Wildman–Crippen LogP) is 4.10. The second-order valence-electron chi connectivity index (χ2n) is 6.00. The zero-order valence-corrected chi connectivity index (χ0v) is 14.6. The van der Waals surface area contributed by atoms with Crippen molar-refractivity contribution in [1.82, 2.24) is 15.2 Å². The monoisotopic (exact) mass is 378 g/mol. The van der Waals surface area contributed by atoms with Gasteiger partial charge in [-0.15, -0.1) is 10.2 Å². The van der Waals surface area contributed by atoms with Gasteiger partial charge in [-0.3, -0.25) is 4.79 Å².